The molecule has 0 aliphatic rings. The molecular formula is C13H19Br2N. The van der Waals surface area contributed by atoms with Crippen LogP contribution in [0.4, 0.5) is 5.69 Å². The van der Waals surface area contributed by atoms with E-state index < -0.39 is 0 Å². The minimum Gasteiger partial charge on any atom is -0.369 e. The van der Waals surface area contributed by atoms with Crippen LogP contribution >= 0.6 is 31.9 Å². The maximum absolute atomic E-state index is 3.56. The van der Waals surface area contributed by atoms with Crippen molar-refractivity contribution < 1.29 is 0 Å². The molecule has 0 radical (unpaired) electrons. The number of nitrogens with zero attached hydrogens (tertiary/aromatic N) is 1. The van der Waals surface area contributed by atoms with Crippen LogP contribution < -0.4 is 4.90 Å². The topological polar surface area (TPSA) is 3.24 Å². The Balaban J connectivity index is 3.11. The van der Waals surface area contributed by atoms with Gasteiger partial charge in [0.2, 0.25) is 0 Å². The van der Waals surface area contributed by atoms with Crippen molar-refractivity contribution in [3.8, 4) is 0 Å². The predicted octanol–water partition coefficient (Wildman–Crippen LogP) is 4.97. The molecule has 0 saturated heterocycles. The van der Waals surface area contributed by atoms with Gasteiger partial charge in [-0.1, -0.05) is 44.8 Å². The van der Waals surface area contributed by atoms with Crippen molar-refractivity contribution in [3.63, 3.8) is 0 Å². The molecule has 1 nitrogen and oxygen atoms in total. The van der Waals surface area contributed by atoms with Gasteiger partial charge in [0.25, 0.3) is 0 Å². The third-order valence-corrected chi connectivity index (χ3v) is 4.06. The summed E-state index contributed by atoms with van der Waals surface area (Å²) in [7, 11) is 0. The van der Waals surface area contributed by atoms with E-state index >= 15 is 0 Å². The van der Waals surface area contributed by atoms with Crippen molar-refractivity contribution in [2.75, 3.05) is 11.4 Å². The first kappa shape index (κ1) is 14.0. The fraction of sp³-hybridized carbons (Fsp3) is 0.538. The molecule has 0 aromatic heterocycles. The van der Waals surface area contributed by atoms with Gasteiger partial charge in [-0.3, -0.25) is 0 Å². The lowest BCUT2D eigenvalue weighted by Gasteiger charge is -2.31. The van der Waals surface area contributed by atoms with Gasteiger partial charge in [0.15, 0.2) is 0 Å². The summed E-state index contributed by atoms with van der Waals surface area (Å²) in [5.41, 5.74) is 2.69. The van der Waals surface area contributed by atoms with E-state index in [9.17, 15) is 0 Å². The minimum atomic E-state index is 0.581. The van der Waals surface area contributed by atoms with Gasteiger partial charge in [-0.2, -0.15) is 0 Å². The van der Waals surface area contributed by atoms with E-state index in [1.165, 1.54) is 17.7 Å². The van der Waals surface area contributed by atoms with Crippen molar-refractivity contribution in [1.29, 1.82) is 0 Å². The molecule has 3 heteroatoms. The number of halogens is 2. The highest BCUT2D eigenvalue weighted by Crippen LogP contribution is 2.28. The van der Waals surface area contributed by atoms with Gasteiger partial charge in [0.1, 0.15) is 0 Å². The Kier molecular flexibility index (Phi) is 5.84. The average molecular weight is 349 g/mol. The van der Waals surface area contributed by atoms with Crippen molar-refractivity contribution in [2.45, 2.75) is 38.6 Å². The van der Waals surface area contributed by atoms with E-state index in [0.717, 1.165) is 16.3 Å². The molecule has 0 heterocycles. The van der Waals surface area contributed by atoms with Crippen LogP contribution in [0, 0.1) is 0 Å². The second-order valence-corrected chi connectivity index (χ2v) is 5.43. The number of rotatable bonds is 5. The fourth-order valence-corrected chi connectivity index (χ4v) is 2.68. The highest BCUT2D eigenvalue weighted by molar-refractivity contribution is 9.10. The minimum absolute atomic E-state index is 0.581. The van der Waals surface area contributed by atoms with Crippen LogP contribution in [0.3, 0.4) is 0 Å². The first-order valence-electron chi connectivity index (χ1n) is 5.75. The monoisotopic (exact) mass is 347 g/mol. The molecule has 16 heavy (non-hydrogen) atoms. The lowest BCUT2D eigenvalue weighted by atomic mass is 10.1. The number of anilines is 1. The Labute approximate surface area is 115 Å². The summed E-state index contributed by atoms with van der Waals surface area (Å²) in [6, 6.07) is 7.08. The highest BCUT2D eigenvalue weighted by atomic mass is 79.9. The van der Waals surface area contributed by atoms with Crippen LogP contribution in [0.2, 0.25) is 0 Å². The molecule has 0 aliphatic carbocycles. The van der Waals surface area contributed by atoms with Crippen molar-refractivity contribution in [3.05, 3.63) is 28.2 Å². The maximum Gasteiger partial charge on any atom is 0.0420 e. The number of alkyl halides is 1. The van der Waals surface area contributed by atoms with Crippen molar-refractivity contribution in [1.82, 2.24) is 0 Å². The average Bonchev–Trinajstić information content (AvgIpc) is 2.30. The van der Waals surface area contributed by atoms with E-state index in [4.69, 9.17) is 0 Å². The molecule has 0 spiro atoms. The normalized spacial score (nSPS) is 12.6. The van der Waals surface area contributed by atoms with Gasteiger partial charge in [-0.25, -0.2) is 0 Å². The van der Waals surface area contributed by atoms with Gasteiger partial charge in [0.05, 0.1) is 0 Å². The Bertz CT molecular complexity index is 339. The summed E-state index contributed by atoms with van der Waals surface area (Å²) < 4.78 is 1.15. The Morgan fingerprint density at radius 1 is 1.31 bits per heavy atom. The quantitative estimate of drug-likeness (QED) is 0.679. The van der Waals surface area contributed by atoms with Crippen LogP contribution in [-0.2, 0) is 5.33 Å². The van der Waals surface area contributed by atoms with Gasteiger partial charge in [0, 0.05) is 28.1 Å². The lowest BCUT2D eigenvalue weighted by Crippen LogP contribution is -2.33. The van der Waals surface area contributed by atoms with Gasteiger partial charge in [-0.05, 0) is 38.0 Å². The molecule has 0 aliphatic heterocycles. The third-order valence-electron chi connectivity index (χ3n) is 2.96. The molecule has 1 aromatic rings. The van der Waals surface area contributed by atoms with E-state index in [1.807, 2.05) is 0 Å². The van der Waals surface area contributed by atoms with Gasteiger partial charge >= 0.3 is 0 Å². The summed E-state index contributed by atoms with van der Waals surface area (Å²) >= 11 is 7.11. The summed E-state index contributed by atoms with van der Waals surface area (Å²) in [6.07, 6.45) is 1.17. The molecule has 0 amide bonds. The smallest absolute Gasteiger partial charge is 0.0420 e. The molecule has 1 rings (SSSR count). The van der Waals surface area contributed by atoms with Crippen LogP contribution in [0.25, 0.3) is 0 Å². The predicted molar refractivity (Wildman–Crippen MR) is 79.5 cm³/mol. The second kappa shape index (κ2) is 6.65. The first-order valence-corrected chi connectivity index (χ1v) is 7.66. The zero-order chi connectivity index (χ0) is 12.1. The van der Waals surface area contributed by atoms with E-state index in [-0.39, 0.29) is 0 Å². The second-order valence-electron chi connectivity index (χ2n) is 3.95. The summed E-state index contributed by atoms with van der Waals surface area (Å²) in [5.74, 6) is 0. The first-order chi connectivity index (χ1) is 7.63. The standard InChI is InChI=1S/C13H19Br2N/c1-4-10(3)16(5-2)13-8-12(15)7-6-11(13)9-14/h6-8,10H,4-5,9H2,1-3H3. The Morgan fingerprint density at radius 3 is 2.50 bits per heavy atom. The van der Waals surface area contributed by atoms with Crippen molar-refractivity contribution in [2.24, 2.45) is 0 Å². The molecule has 1 atom stereocenters. The van der Waals surface area contributed by atoms with Crippen molar-refractivity contribution >= 4 is 37.5 Å². The Morgan fingerprint density at radius 2 is 2.00 bits per heavy atom. The molecule has 90 valence electrons. The molecule has 0 saturated carbocycles. The SMILES string of the molecule is CCC(C)N(CC)c1cc(Br)ccc1CBr. The van der Waals surface area contributed by atoms with Crippen LogP contribution in [-0.4, -0.2) is 12.6 Å². The largest absolute Gasteiger partial charge is 0.369 e. The molecule has 0 bridgehead atoms. The molecule has 0 N–H and O–H groups in total. The molecular weight excluding hydrogens is 330 g/mol. The third kappa shape index (κ3) is 3.24. The number of benzene rings is 1. The summed E-state index contributed by atoms with van der Waals surface area (Å²) in [6.45, 7) is 7.78. The Hall–Kier alpha value is -0.0200. The number of hydrogen-bond donors (Lipinski definition) is 0. The van der Waals surface area contributed by atoms with E-state index in [0.29, 0.717) is 6.04 Å². The zero-order valence-corrected chi connectivity index (χ0v) is 13.3. The highest BCUT2D eigenvalue weighted by Gasteiger charge is 2.14. The van der Waals surface area contributed by atoms with E-state index in [1.54, 1.807) is 0 Å². The lowest BCUT2D eigenvalue weighted by molar-refractivity contribution is 0.628. The zero-order valence-electron chi connectivity index (χ0n) is 10.1. The number of hydrogen-bond acceptors (Lipinski definition) is 1. The summed E-state index contributed by atoms with van der Waals surface area (Å²) in [5, 5.41) is 0.905. The summed E-state index contributed by atoms with van der Waals surface area (Å²) in [4.78, 5) is 2.46. The van der Waals surface area contributed by atoms with Crippen LogP contribution in [0.5, 0.6) is 0 Å². The van der Waals surface area contributed by atoms with E-state index in [2.05, 4.69) is 75.7 Å². The fourth-order valence-electron chi connectivity index (χ4n) is 1.86. The van der Waals surface area contributed by atoms with Crippen LogP contribution in [0.1, 0.15) is 32.8 Å². The van der Waals surface area contributed by atoms with Crippen LogP contribution in [0.15, 0.2) is 22.7 Å². The van der Waals surface area contributed by atoms with Gasteiger partial charge < -0.3 is 4.90 Å². The molecule has 1 unspecified atom stereocenters. The molecule has 1 aromatic carbocycles. The van der Waals surface area contributed by atoms with Gasteiger partial charge in [-0.15, -0.1) is 0 Å². The molecule has 0 fully saturated rings. The maximum atomic E-state index is 3.56.